The fourth-order valence-electron chi connectivity index (χ4n) is 3.00. The van der Waals surface area contributed by atoms with Gasteiger partial charge in [0, 0.05) is 30.6 Å². The van der Waals surface area contributed by atoms with E-state index in [9.17, 15) is 23.2 Å². The first-order chi connectivity index (χ1) is 13.3. The number of nitrogens with zero attached hydrogens (tertiary/aromatic N) is 2. The molecule has 2 amide bonds. The Morgan fingerprint density at radius 3 is 2.36 bits per heavy atom. The number of esters is 1. The van der Waals surface area contributed by atoms with Crippen LogP contribution in [-0.2, 0) is 14.3 Å². The molecule has 28 heavy (non-hydrogen) atoms. The van der Waals surface area contributed by atoms with Gasteiger partial charge in [0.15, 0.2) is 0 Å². The van der Waals surface area contributed by atoms with Crippen LogP contribution in [0.25, 0.3) is 0 Å². The molecule has 154 valence electrons. The molecule has 0 aromatic heterocycles. The average molecular weight is 414 g/mol. The van der Waals surface area contributed by atoms with Crippen LogP contribution >= 0.6 is 11.8 Å². The van der Waals surface area contributed by atoms with Gasteiger partial charge in [0.25, 0.3) is 11.7 Å². The van der Waals surface area contributed by atoms with E-state index in [2.05, 4.69) is 0 Å². The summed E-state index contributed by atoms with van der Waals surface area (Å²) in [5, 5.41) is 0. The van der Waals surface area contributed by atoms with Crippen molar-refractivity contribution >= 4 is 29.5 Å². The minimum atomic E-state index is -2.52. The molecule has 1 heterocycles. The summed E-state index contributed by atoms with van der Waals surface area (Å²) >= 11 is 0.410. The van der Waals surface area contributed by atoms with E-state index in [4.69, 9.17) is 4.74 Å². The Bertz CT molecular complexity index is 692. The minimum Gasteiger partial charge on any atom is -0.466 e. The molecular weight excluding hydrogens is 390 g/mol. The van der Waals surface area contributed by atoms with Gasteiger partial charge in [-0.05, 0) is 44.0 Å². The largest absolute Gasteiger partial charge is 0.466 e. The van der Waals surface area contributed by atoms with Crippen molar-refractivity contribution in [3.05, 3.63) is 29.8 Å². The number of halogens is 2. The van der Waals surface area contributed by atoms with Crippen molar-refractivity contribution in [2.75, 3.05) is 33.3 Å². The number of ether oxygens (including phenoxy) is 1. The maximum Gasteiger partial charge on any atom is 0.309 e. The third-order valence-corrected chi connectivity index (χ3v) is 5.24. The van der Waals surface area contributed by atoms with Gasteiger partial charge in [-0.2, -0.15) is 8.78 Å². The topological polar surface area (TPSA) is 66.9 Å². The number of rotatable bonds is 7. The van der Waals surface area contributed by atoms with E-state index in [1.54, 1.807) is 11.8 Å². The van der Waals surface area contributed by atoms with Crippen molar-refractivity contribution in [2.45, 2.75) is 30.4 Å². The first kappa shape index (κ1) is 22.1. The minimum absolute atomic E-state index is 0.0869. The lowest BCUT2D eigenvalue weighted by atomic mass is 9.97. The molecule has 1 fully saturated rings. The second kappa shape index (κ2) is 10.4. The van der Waals surface area contributed by atoms with Gasteiger partial charge in [-0.15, -0.1) is 0 Å². The normalized spacial score (nSPS) is 14.8. The number of alkyl halides is 2. The monoisotopic (exact) mass is 414 g/mol. The highest BCUT2D eigenvalue weighted by molar-refractivity contribution is 7.99. The lowest BCUT2D eigenvalue weighted by Crippen LogP contribution is -2.45. The van der Waals surface area contributed by atoms with E-state index in [0.29, 0.717) is 54.8 Å². The van der Waals surface area contributed by atoms with Gasteiger partial charge in [0.2, 0.25) is 5.91 Å². The van der Waals surface area contributed by atoms with Gasteiger partial charge in [-0.1, -0.05) is 11.8 Å². The van der Waals surface area contributed by atoms with Gasteiger partial charge in [0.05, 0.1) is 19.1 Å². The van der Waals surface area contributed by atoms with Crippen LogP contribution in [0.15, 0.2) is 29.2 Å². The number of hydrogen-bond donors (Lipinski definition) is 0. The third kappa shape index (κ3) is 6.19. The molecule has 1 aliphatic heterocycles. The molecule has 2 rings (SSSR count). The number of piperidine rings is 1. The number of likely N-dealkylation sites (N-methyl/N-ethyl adjacent to an activating group) is 1. The molecule has 1 aromatic carbocycles. The molecule has 1 aliphatic rings. The smallest absolute Gasteiger partial charge is 0.309 e. The molecule has 0 aliphatic carbocycles. The van der Waals surface area contributed by atoms with Gasteiger partial charge >= 0.3 is 5.97 Å². The van der Waals surface area contributed by atoms with Gasteiger partial charge < -0.3 is 14.5 Å². The molecule has 1 aromatic rings. The Balaban J connectivity index is 1.85. The van der Waals surface area contributed by atoms with E-state index in [1.807, 2.05) is 0 Å². The van der Waals surface area contributed by atoms with E-state index < -0.39 is 5.76 Å². The number of thioether (sulfide) groups is 1. The Labute approximate surface area is 167 Å². The highest BCUT2D eigenvalue weighted by Gasteiger charge is 2.29. The highest BCUT2D eigenvalue weighted by atomic mass is 32.2. The lowest BCUT2D eigenvalue weighted by molar-refractivity contribution is -0.151. The fraction of sp³-hybridized carbons (Fsp3) is 0.526. The first-order valence-electron chi connectivity index (χ1n) is 9.06. The summed E-state index contributed by atoms with van der Waals surface area (Å²) in [6, 6.07) is 5.86. The maximum absolute atomic E-state index is 12.5. The van der Waals surface area contributed by atoms with Crippen LogP contribution in [0.3, 0.4) is 0 Å². The Morgan fingerprint density at radius 2 is 1.82 bits per heavy atom. The average Bonchev–Trinajstić information content (AvgIpc) is 2.67. The molecule has 0 bridgehead atoms. The van der Waals surface area contributed by atoms with Gasteiger partial charge in [0.1, 0.15) is 0 Å². The molecule has 9 heteroatoms. The second-order valence-corrected chi connectivity index (χ2v) is 7.53. The van der Waals surface area contributed by atoms with Crippen LogP contribution in [0.1, 0.15) is 30.1 Å². The molecule has 1 saturated heterocycles. The first-order valence-corrected chi connectivity index (χ1v) is 9.94. The molecule has 0 atom stereocenters. The summed E-state index contributed by atoms with van der Waals surface area (Å²) in [4.78, 5) is 40.0. The molecule has 6 nitrogen and oxygen atoms in total. The van der Waals surface area contributed by atoms with Gasteiger partial charge in [-0.25, -0.2) is 0 Å². The van der Waals surface area contributed by atoms with Crippen LogP contribution < -0.4 is 0 Å². The number of likely N-dealkylation sites (tertiary alicyclic amines) is 1. The van der Waals surface area contributed by atoms with E-state index in [-0.39, 0.29) is 30.2 Å². The summed E-state index contributed by atoms with van der Waals surface area (Å²) in [6.07, 6.45) is 1.09. The fourth-order valence-corrected chi connectivity index (χ4v) is 3.50. The molecule has 0 unspecified atom stereocenters. The number of carbonyl (C=O) groups excluding carboxylic acids is 3. The number of benzene rings is 1. The zero-order valence-electron chi connectivity index (χ0n) is 15.9. The number of hydrogen-bond acceptors (Lipinski definition) is 5. The van der Waals surface area contributed by atoms with Crippen LogP contribution in [0, 0.1) is 5.92 Å². The molecular formula is C19H24F2N2O4S. The van der Waals surface area contributed by atoms with Crippen molar-refractivity contribution in [3.8, 4) is 0 Å². The lowest BCUT2D eigenvalue weighted by Gasteiger charge is -2.32. The van der Waals surface area contributed by atoms with Crippen molar-refractivity contribution in [2.24, 2.45) is 5.92 Å². The number of amides is 2. The van der Waals surface area contributed by atoms with Crippen LogP contribution in [-0.4, -0.2) is 66.6 Å². The maximum atomic E-state index is 12.5. The summed E-state index contributed by atoms with van der Waals surface area (Å²) < 4.78 is 29.7. The quantitative estimate of drug-likeness (QED) is 0.507. The second-order valence-electron chi connectivity index (χ2n) is 6.47. The Morgan fingerprint density at radius 1 is 1.21 bits per heavy atom. The Hall–Kier alpha value is -2.16. The van der Waals surface area contributed by atoms with Crippen molar-refractivity contribution in [1.29, 1.82) is 0 Å². The summed E-state index contributed by atoms with van der Waals surface area (Å²) in [6.45, 7) is 2.91. The van der Waals surface area contributed by atoms with E-state index in [0.717, 1.165) is 0 Å². The van der Waals surface area contributed by atoms with Crippen molar-refractivity contribution in [1.82, 2.24) is 9.80 Å². The summed E-state index contributed by atoms with van der Waals surface area (Å²) in [5.41, 5.74) is 0.329. The van der Waals surface area contributed by atoms with Crippen molar-refractivity contribution in [3.63, 3.8) is 0 Å². The molecule has 0 spiro atoms. The van der Waals surface area contributed by atoms with E-state index in [1.165, 1.54) is 36.2 Å². The van der Waals surface area contributed by atoms with Gasteiger partial charge in [-0.3, -0.25) is 14.4 Å². The zero-order chi connectivity index (χ0) is 20.7. The van der Waals surface area contributed by atoms with Crippen LogP contribution in [0.5, 0.6) is 0 Å². The summed E-state index contributed by atoms with van der Waals surface area (Å²) in [5.74, 6) is -3.48. The standard InChI is InChI=1S/C19H24F2N2O4S/c1-3-27-18(26)14-8-10-23(11-9-14)16(24)12-22(2)17(25)13-4-6-15(7-5-13)28-19(20)21/h4-7,14,19H,3,8-12H2,1-2H3. The summed E-state index contributed by atoms with van der Waals surface area (Å²) in [7, 11) is 1.52. The predicted molar refractivity (Wildman–Crippen MR) is 101 cm³/mol. The Kier molecular flexibility index (Phi) is 8.22. The third-order valence-electron chi connectivity index (χ3n) is 4.51. The van der Waals surface area contributed by atoms with E-state index >= 15 is 0 Å². The number of carbonyl (C=O) groups is 3. The highest BCUT2D eigenvalue weighted by Crippen LogP contribution is 2.25. The molecule has 0 radical (unpaired) electrons. The van der Waals surface area contributed by atoms with Crippen LogP contribution in [0.2, 0.25) is 0 Å². The zero-order valence-corrected chi connectivity index (χ0v) is 16.7. The molecule has 0 N–H and O–H groups in total. The van der Waals surface area contributed by atoms with Crippen LogP contribution in [0.4, 0.5) is 8.78 Å². The van der Waals surface area contributed by atoms with Crippen molar-refractivity contribution < 1.29 is 27.9 Å². The SMILES string of the molecule is CCOC(=O)C1CCN(C(=O)CN(C)C(=O)c2ccc(SC(F)F)cc2)CC1. The predicted octanol–water partition coefficient (Wildman–Crippen LogP) is 2.88. The molecule has 0 saturated carbocycles.